The Kier molecular flexibility index (Phi) is 3.94. The molecular formula is C9H20N2O2Si. The van der Waals surface area contributed by atoms with Crippen molar-refractivity contribution >= 4 is 14.2 Å². The van der Waals surface area contributed by atoms with Crippen molar-refractivity contribution in [3.8, 4) is 0 Å². The summed E-state index contributed by atoms with van der Waals surface area (Å²) >= 11 is 0. The summed E-state index contributed by atoms with van der Waals surface area (Å²) in [6.07, 6.45) is -0.269. The molecule has 0 radical (unpaired) electrons. The third-order valence-electron chi connectivity index (χ3n) is 2.19. The highest BCUT2D eigenvalue weighted by molar-refractivity contribution is 6.76. The molecule has 82 valence electrons. The Balaban J connectivity index is 2.03. The van der Waals surface area contributed by atoms with E-state index in [9.17, 15) is 4.79 Å². The van der Waals surface area contributed by atoms with Crippen LogP contribution in [0.25, 0.3) is 0 Å². The van der Waals surface area contributed by atoms with E-state index in [0.29, 0.717) is 6.61 Å². The van der Waals surface area contributed by atoms with Crippen LogP contribution in [0.5, 0.6) is 0 Å². The molecule has 0 bridgehead atoms. The molecule has 1 heterocycles. The van der Waals surface area contributed by atoms with Crippen LogP contribution in [0.1, 0.15) is 0 Å². The zero-order valence-corrected chi connectivity index (χ0v) is 10.2. The van der Waals surface area contributed by atoms with Gasteiger partial charge in [-0.1, -0.05) is 19.6 Å². The van der Waals surface area contributed by atoms with E-state index in [4.69, 9.17) is 4.74 Å². The first-order chi connectivity index (χ1) is 6.47. The summed E-state index contributed by atoms with van der Waals surface area (Å²) < 4.78 is 5.08. The number of amides is 1. The number of rotatable bonds is 4. The minimum Gasteiger partial charge on any atom is -0.450 e. The van der Waals surface area contributed by atoms with Crippen molar-refractivity contribution in [2.75, 3.05) is 19.7 Å². The largest absolute Gasteiger partial charge is 0.450 e. The summed E-state index contributed by atoms with van der Waals surface area (Å²) in [5.41, 5.74) is 0. The molecule has 1 aliphatic rings. The fourth-order valence-electron chi connectivity index (χ4n) is 1.05. The summed E-state index contributed by atoms with van der Waals surface area (Å²) in [6.45, 7) is 9.09. The molecule has 0 atom stereocenters. The summed E-state index contributed by atoms with van der Waals surface area (Å²) in [4.78, 5) is 11.2. The molecule has 14 heavy (non-hydrogen) atoms. The fourth-order valence-corrected chi connectivity index (χ4v) is 1.76. The van der Waals surface area contributed by atoms with E-state index in [1.165, 1.54) is 0 Å². The van der Waals surface area contributed by atoms with Gasteiger partial charge in [-0.25, -0.2) is 4.79 Å². The SMILES string of the molecule is C[Si](C)(C)CCOC(=O)NC1CNC1. The van der Waals surface area contributed by atoms with Crippen LogP contribution >= 0.6 is 0 Å². The van der Waals surface area contributed by atoms with E-state index in [1.807, 2.05) is 0 Å². The van der Waals surface area contributed by atoms with Gasteiger partial charge in [0, 0.05) is 21.2 Å². The average Bonchev–Trinajstić information content (AvgIpc) is 1.94. The molecule has 0 spiro atoms. The predicted octanol–water partition coefficient (Wildman–Crippen LogP) is 1.02. The van der Waals surface area contributed by atoms with Crippen LogP contribution in [0, 0.1) is 0 Å². The molecule has 0 aromatic rings. The van der Waals surface area contributed by atoms with Gasteiger partial charge in [0.05, 0.1) is 12.6 Å². The summed E-state index contributed by atoms with van der Waals surface area (Å²) in [5, 5.41) is 5.88. The van der Waals surface area contributed by atoms with Crippen molar-refractivity contribution in [2.24, 2.45) is 0 Å². The number of carbonyl (C=O) groups is 1. The lowest BCUT2D eigenvalue weighted by Crippen LogP contribution is -2.57. The van der Waals surface area contributed by atoms with Crippen molar-refractivity contribution in [2.45, 2.75) is 31.7 Å². The lowest BCUT2D eigenvalue weighted by Gasteiger charge is -2.27. The van der Waals surface area contributed by atoms with Gasteiger partial charge < -0.3 is 15.4 Å². The van der Waals surface area contributed by atoms with Gasteiger partial charge in [-0.2, -0.15) is 0 Å². The molecule has 0 aromatic carbocycles. The highest BCUT2D eigenvalue weighted by Gasteiger charge is 2.20. The second kappa shape index (κ2) is 4.79. The number of nitrogens with one attached hydrogen (secondary N) is 2. The number of hydrogen-bond acceptors (Lipinski definition) is 3. The van der Waals surface area contributed by atoms with Crippen molar-refractivity contribution in [3.63, 3.8) is 0 Å². The van der Waals surface area contributed by atoms with Crippen LogP contribution in [-0.2, 0) is 4.74 Å². The lowest BCUT2D eigenvalue weighted by molar-refractivity contribution is 0.143. The van der Waals surface area contributed by atoms with Crippen molar-refractivity contribution < 1.29 is 9.53 Å². The Morgan fingerprint density at radius 1 is 1.50 bits per heavy atom. The number of carbonyl (C=O) groups excluding carboxylic acids is 1. The molecule has 1 amide bonds. The Morgan fingerprint density at radius 2 is 2.14 bits per heavy atom. The van der Waals surface area contributed by atoms with E-state index in [2.05, 4.69) is 30.3 Å². The Morgan fingerprint density at radius 3 is 2.57 bits per heavy atom. The zero-order chi connectivity index (χ0) is 10.6. The second-order valence-corrected chi connectivity index (χ2v) is 10.6. The smallest absolute Gasteiger partial charge is 0.407 e. The molecule has 5 heteroatoms. The van der Waals surface area contributed by atoms with Gasteiger partial charge in [0.2, 0.25) is 0 Å². The number of hydrogen-bond donors (Lipinski definition) is 2. The summed E-state index contributed by atoms with van der Waals surface area (Å²) in [7, 11) is -1.08. The van der Waals surface area contributed by atoms with Crippen LogP contribution in [0.15, 0.2) is 0 Å². The minimum atomic E-state index is -1.08. The quantitative estimate of drug-likeness (QED) is 0.690. The Hall–Kier alpha value is -0.553. The van der Waals surface area contributed by atoms with E-state index >= 15 is 0 Å². The van der Waals surface area contributed by atoms with Crippen LogP contribution in [-0.4, -0.2) is 39.9 Å². The standard InChI is InChI=1S/C9H20N2O2Si/c1-14(2,3)5-4-13-9(12)11-8-6-10-7-8/h8,10H,4-7H2,1-3H3,(H,11,12). The van der Waals surface area contributed by atoms with Crippen LogP contribution in [0.4, 0.5) is 4.79 Å². The molecule has 0 unspecified atom stereocenters. The molecule has 0 aliphatic carbocycles. The van der Waals surface area contributed by atoms with Crippen LogP contribution in [0.3, 0.4) is 0 Å². The van der Waals surface area contributed by atoms with E-state index in [-0.39, 0.29) is 12.1 Å². The number of alkyl carbamates (subject to hydrolysis) is 1. The maximum atomic E-state index is 11.2. The van der Waals surface area contributed by atoms with Gasteiger partial charge in [0.15, 0.2) is 0 Å². The van der Waals surface area contributed by atoms with Gasteiger partial charge in [-0.05, 0) is 6.04 Å². The molecular weight excluding hydrogens is 196 g/mol. The highest BCUT2D eigenvalue weighted by Crippen LogP contribution is 2.07. The molecule has 1 saturated heterocycles. The maximum Gasteiger partial charge on any atom is 0.407 e. The first-order valence-electron chi connectivity index (χ1n) is 5.11. The predicted molar refractivity (Wildman–Crippen MR) is 59.3 cm³/mol. The number of ether oxygens (including phenoxy) is 1. The van der Waals surface area contributed by atoms with Gasteiger partial charge in [-0.3, -0.25) is 0 Å². The Bertz CT molecular complexity index is 199. The molecule has 0 saturated carbocycles. The van der Waals surface area contributed by atoms with Gasteiger partial charge >= 0.3 is 6.09 Å². The van der Waals surface area contributed by atoms with Crippen molar-refractivity contribution in [3.05, 3.63) is 0 Å². The zero-order valence-electron chi connectivity index (χ0n) is 9.22. The fraction of sp³-hybridized carbons (Fsp3) is 0.889. The van der Waals surface area contributed by atoms with Crippen LogP contribution in [0.2, 0.25) is 25.7 Å². The third-order valence-corrected chi connectivity index (χ3v) is 3.89. The monoisotopic (exact) mass is 216 g/mol. The highest BCUT2D eigenvalue weighted by atomic mass is 28.3. The van der Waals surface area contributed by atoms with Crippen molar-refractivity contribution in [1.82, 2.24) is 10.6 Å². The molecule has 1 rings (SSSR count). The molecule has 4 nitrogen and oxygen atoms in total. The van der Waals surface area contributed by atoms with Gasteiger partial charge in [0.25, 0.3) is 0 Å². The first-order valence-corrected chi connectivity index (χ1v) is 8.82. The second-order valence-electron chi connectivity index (χ2n) is 4.95. The Labute approximate surface area is 86.4 Å². The van der Waals surface area contributed by atoms with E-state index in [0.717, 1.165) is 19.1 Å². The molecule has 2 N–H and O–H groups in total. The maximum absolute atomic E-state index is 11.2. The minimum absolute atomic E-state index is 0.269. The van der Waals surface area contributed by atoms with E-state index in [1.54, 1.807) is 0 Å². The van der Waals surface area contributed by atoms with Crippen LogP contribution < -0.4 is 10.6 Å². The van der Waals surface area contributed by atoms with Gasteiger partial charge in [-0.15, -0.1) is 0 Å². The molecule has 0 aromatic heterocycles. The summed E-state index contributed by atoms with van der Waals surface area (Å²) in [5.74, 6) is 0. The first kappa shape index (κ1) is 11.5. The molecule has 1 fully saturated rings. The summed E-state index contributed by atoms with van der Waals surface area (Å²) in [6, 6.07) is 1.30. The van der Waals surface area contributed by atoms with E-state index < -0.39 is 8.07 Å². The normalized spacial score (nSPS) is 17.4. The van der Waals surface area contributed by atoms with Crippen molar-refractivity contribution in [1.29, 1.82) is 0 Å². The topological polar surface area (TPSA) is 50.4 Å². The van der Waals surface area contributed by atoms with Gasteiger partial charge in [0.1, 0.15) is 0 Å². The average molecular weight is 216 g/mol. The lowest BCUT2D eigenvalue weighted by atomic mass is 10.2. The third kappa shape index (κ3) is 4.62. The molecule has 1 aliphatic heterocycles.